The summed E-state index contributed by atoms with van der Waals surface area (Å²) in [6.07, 6.45) is 3.24. The molecule has 6 nitrogen and oxygen atoms in total. The van der Waals surface area contributed by atoms with E-state index in [1.54, 1.807) is 31.6 Å². The van der Waals surface area contributed by atoms with Crippen LogP contribution in [0.3, 0.4) is 0 Å². The summed E-state index contributed by atoms with van der Waals surface area (Å²) in [5.74, 6) is 0.810. The van der Waals surface area contributed by atoms with Crippen molar-refractivity contribution in [1.29, 1.82) is 0 Å². The molecule has 0 bridgehead atoms. The molecule has 29 heavy (non-hydrogen) atoms. The van der Waals surface area contributed by atoms with Gasteiger partial charge in [0.25, 0.3) is 0 Å². The van der Waals surface area contributed by atoms with Crippen molar-refractivity contribution >= 4 is 22.2 Å². The molecule has 0 radical (unpaired) electrons. The van der Waals surface area contributed by atoms with Crippen LogP contribution in [0.1, 0.15) is 10.4 Å². The van der Waals surface area contributed by atoms with E-state index in [2.05, 4.69) is 45.1 Å². The third-order valence-corrected chi connectivity index (χ3v) is 5.52. The first-order chi connectivity index (χ1) is 14.2. The lowest BCUT2D eigenvalue weighted by Crippen LogP contribution is -2.51. The molecule has 1 fully saturated rings. The standard InChI is InChI=1S/C23H26N4O2/c1-29-19-8-7-17-4-2-6-22(20(17)14-19)27-12-10-26(11-13-27)16-21(24)23(28)18-5-3-9-25-15-18/h2-9,14-15,21H,10-13,16,24H2,1H3. The Morgan fingerprint density at radius 2 is 1.97 bits per heavy atom. The van der Waals surface area contributed by atoms with Crippen molar-refractivity contribution in [1.82, 2.24) is 9.88 Å². The van der Waals surface area contributed by atoms with Crippen LogP contribution in [0, 0.1) is 0 Å². The summed E-state index contributed by atoms with van der Waals surface area (Å²) in [6, 6.07) is 15.6. The summed E-state index contributed by atoms with van der Waals surface area (Å²) < 4.78 is 5.41. The third kappa shape index (κ3) is 4.23. The Kier molecular flexibility index (Phi) is 5.74. The number of ketones is 1. The summed E-state index contributed by atoms with van der Waals surface area (Å²) in [7, 11) is 1.69. The number of aromatic nitrogens is 1. The molecule has 1 aromatic heterocycles. The van der Waals surface area contributed by atoms with E-state index >= 15 is 0 Å². The third-order valence-electron chi connectivity index (χ3n) is 5.52. The number of rotatable bonds is 6. The van der Waals surface area contributed by atoms with E-state index in [1.807, 2.05) is 6.07 Å². The molecule has 0 amide bonds. The lowest BCUT2D eigenvalue weighted by Gasteiger charge is -2.37. The van der Waals surface area contributed by atoms with E-state index in [0.29, 0.717) is 12.1 Å². The number of fused-ring (bicyclic) bond motifs is 1. The predicted molar refractivity (Wildman–Crippen MR) is 116 cm³/mol. The highest BCUT2D eigenvalue weighted by Gasteiger charge is 2.23. The highest BCUT2D eigenvalue weighted by Crippen LogP contribution is 2.30. The molecule has 6 heteroatoms. The van der Waals surface area contributed by atoms with Crippen molar-refractivity contribution in [2.75, 3.05) is 44.7 Å². The van der Waals surface area contributed by atoms with Gasteiger partial charge in [-0.3, -0.25) is 14.7 Å². The SMILES string of the molecule is COc1ccc2cccc(N3CCN(CC(N)C(=O)c4cccnc4)CC3)c2c1. The van der Waals surface area contributed by atoms with Gasteiger partial charge in [-0.05, 0) is 35.7 Å². The summed E-state index contributed by atoms with van der Waals surface area (Å²) in [5, 5.41) is 2.40. The summed E-state index contributed by atoms with van der Waals surface area (Å²) >= 11 is 0. The van der Waals surface area contributed by atoms with Gasteiger partial charge in [0.15, 0.2) is 5.78 Å². The van der Waals surface area contributed by atoms with E-state index in [-0.39, 0.29) is 5.78 Å². The van der Waals surface area contributed by atoms with Crippen LogP contribution in [0.25, 0.3) is 10.8 Å². The molecule has 1 unspecified atom stereocenters. The second-order valence-corrected chi connectivity index (χ2v) is 7.36. The van der Waals surface area contributed by atoms with Gasteiger partial charge in [0, 0.05) is 61.8 Å². The number of hydrogen-bond donors (Lipinski definition) is 1. The fourth-order valence-corrected chi connectivity index (χ4v) is 3.89. The second-order valence-electron chi connectivity index (χ2n) is 7.36. The van der Waals surface area contributed by atoms with Crippen LogP contribution in [0.4, 0.5) is 5.69 Å². The van der Waals surface area contributed by atoms with Gasteiger partial charge >= 0.3 is 0 Å². The smallest absolute Gasteiger partial charge is 0.182 e. The molecular weight excluding hydrogens is 364 g/mol. The van der Waals surface area contributed by atoms with E-state index in [9.17, 15) is 4.79 Å². The molecule has 2 heterocycles. The average molecular weight is 390 g/mol. The quantitative estimate of drug-likeness (QED) is 0.653. The molecule has 4 rings (SSSR count). The molecule has 0 spiro atoms. The van der Waals surface area contributed by atoms with Gasteiger partial charge in [-0.1, -0.05) is 18.2 Å². The van der Waals surface area contributed by atoms with Crippen LogP contribution in [0.15, 0.2) is 60.9 Å². The lowest BCUT2D eigenvalue weighted by atomic mass is 10.1. The summed E-state index contributed by atoms with van der Waals surface area (Å²) in [6.45, 7) is 4.09. The van der Waals surface area contributed by atoms with Crippen LogP contribution < -0.4 is 15.4 Å². The number of carbonyl (C=O) groups excluding carboxylic acids is 1. The molecule has 3 aromatic rings. The first-order valence-corrected chi connectivity index (χ1v) is 9.89. The van der Waals surface area contributed by atoms with Gasteiger partial charge in [-0.2, -0.15) is 0 Å². The highest BCUT2D eigenvalue weighted by molar-refractivity contribution is 5.99. The molecular formula is C23H26N4O2. The number of anilines is 1. The molecule has 2 N–H and O–H groups in total. The largest absolute Gasteiger partial charge is 0.497 e. The van der Waals surface area contributed by atoms with Gasteiger partial charge in [-0.15, -0.1) is 0 Å². The predicted octanol–water partition coefficient (Wildman–Crippen LogP) is 2.58. The van der Waals surface area contributed by atoms with Gasteiger partial charge in [0.1, 0.15) is 5.75 Å². The van der Waals surface area contributed by atoms with Crippen LogP contribution in [0.2, 0.25) is 0 Å². The van der Waals surface area contributed by atoms with Crippen LogP contribution in [-0.4, -0.2) is 61.5 Å². The molecule has 0 saturated carbocycles. The number of ether oxygens (including phenoxy) is 1. The van der Waals surface area contributed by atoms with Gasteiger partial charge in [0.2, 0.25) is 0 Å². The van der Waals surface area contributed by atoms with E-state index in [0.717, 1.165) is 31.9 Å². The lowest BCUT2D eigenvalue weighted by molar-refractivity contribution is 0.0933. The molecule has 150 valence electrons. The first-order valence-electron chi connectivity index (χ1n) is 9.89. The Morgan fingerprint density at radius 1 is 1.14 bits per heavy atom. The van der Waals surface area contributed by atoms with E-state index in [4.69, 9.17) is 10.5 Å². The number of Topliss-reactive ketones (excluding diaryl/α,β-unsaturated/α-hetero) is 1. The monoisotopic (exact) mass is 390 g/mol. The molecule has 1 atom stereocenters. The fraction of sp³-hybridized carbons (Fsp3) is 0.304. The number of methoxy groups -OCH3 is 1. The molecule has 1 aliphatic heterocycles. The Balaban J connectivity index is 1.41. The van der Waals surface area contributed by atoms with Crippen molar-refractivity contribution in [3.05, 3.63) is 66.5 Å². The zero-order chi connectivity index (χ0) is 20.2. The molecule has 0 aliphatic carbocycles. The van der Waals surface area contributed by atoms with Crippen LogP contribution in [0.5, 0.6) is 5.75 Å². The van der Waals surface area contributed by atoms with Crippen LogP contribution >= 0.6 is 0 Å². The van der Waals surface area contributed by atoms with E-state index < -0.39 is 6.04 Å². The number of pyridine rings is 1. The minimum absolute atomic E-state index is 0.0540. The van der Waals surface area contributed by atoms with Crippen molar-refractivity contribution in [3.63, 3.8) is 0 Å². The van der Waals surface area contributed by atoms with Gasteiger partial charge < -0.3 is 15.4 Å². The maximum absolute atomic E-state index is 12.5. The van der Waals surface area contributed by atoms with Gasteiger partial charge in [-0.25, -0.2) is 0 Å². The second kappa shape index (κ2) is 8.59. The Hall–Kier alpha value is -2.96. The minimum atomic E-state index is -0.535. The normalized spacial score (nSPS) is 16.0. The topological polar surface area (TPSA) is 71.7 Å². The Morgan fingerprint density at radius 3 is 2.69 bits per heavy atom. The first kappa shape index (κ1) is 19.4. The molecule has 1 aliphatic rings. The number of nitrogens with zero attached hydrogens (tertiary/aromatic N) is 3. The van der Waals surface area contributed by atoms with E-state index in [1.165, 1.54) is 16.5 Å². The number of piperazine rings is 1. The minimum Gasteiger partial charge on any atom is -0.497 e. The molecule has 2 aromatic carbocycles. The highest BCUT2D eigenvalue weighted by atomic mass is 16.5. The van der Waals surface area contributed by atoms with Crippen molar-refractivity contribution in [3.8, 4) is 5.75 Å². The Labute approximate surface area is 170 Å². The summed E-state index contributed by atoms with van der Waals surface area (Å²) in [4.78, 5) is 21.2. The number of nitrogens with two attached hydrogens (primary N) is 1. The van der Waals surface area contributed by atoms with Crippen molar-refractivity contribution in [2.45, 2.75) is 6.04 Å². The fourth-order valence-electron chi connectivity index (χ4n) is 3.89. The van der Waals surface area contributed by atoms with Crippen molar-refractivity contribution in [2.24, 2.45) is 5.73 Å². The average Bonchev–Trinajstić information content (AvgIpc) is 2.79. The number of benzene rings is 2. The Bertz CT molecular complexity index is 985. The number of hydrogen-bond acceptors (Lipinski definition) is 6. The zero-order valence-corrected chi connectivity index (χ0v) is 16.6. The number of carbonyl (C=O) groups is 1. The van der Waals surface area contributed by atoms with Crippen LogP contribution in [-0.2, 0) is 0 Å². The maximum atomic E-state index is 12.5. The summed E-state index contributed by atoms with van der Waals surface area (Å²) in [5.41, 5.74) is 7.98. The molecule has 1 saturated heterocycles. The zero-order valence-electron chi connectivity index (χ0n) is 16.6. The van der Waals surface area contributed by atoms with Gasteiger partial charge in [0.05, 0.1) is 13.2 Å². The van der Waals surface area contributed by atoms with Crippen molar-refractivity contribution < 1.29 is 9.53 Å². The maximum Gasteiger partial charge on any atom is 0.182 e.